The maximum atomic E-state index is 3.49. The summed E-state index contributed by atoms with van der Waals surface area (Å²) in [7, 11) is 2.07. The van der Waals surface area contributed by atoms with Crippen LogP contribution in [0.2, 0.25) is 0 Å². The van der Waals surface area contributed by atoms with Crippen LogP contribution in [0.5, 0.6) is 0 Å². The first-order chi connectivity index (χ1) is 9.11. The summed E-state index contributed by atoms with van der Waals surface area (Å²) < 4.78 is 0. The third kappa shape index (κ3) is 3.58. The molecular weight excluding hydrogens is 232 g/mol. The van der Waals surface area contributed by atoms with E-state index in [4.69, 9.17) is 0 Å². The van der Waals surface area contributed by atoms with Crippen molar-refractivity contribution in [1.29, 1.82) is 0 Å². The van der Waals surface area contributed by atoms with Gasteiger partial charge in [0.05, 0.1) is 0 Å². The molecule has 0 aromatic heterocycles. The van der Waals surface area contributed by atoms with Gasteiger partial charge in [0.2, 0.25) is 0 Å². The Morgan fingerprint density at radius 1 is 1.26 bits per heavy atom. The van der Waals surface area contributed by atoms with Crippen LogP contribution < -0.4 is 5.32 Å². The lowest BCUT2D eigenvalue weighted by Gasteiger charge is -2.30. The standard InChI is InChI=1S/C17H28N2/c1-13-10-15(3)19(11-13)12-14(2)17(18-4)16-8-6-5-7-9-16/h5-9,13-15,17-18H,10-12H2,1-4H3. The molecule has 0 saturated carbocycles. The van der Waals surface area contributed by atoms with Crippen molar-refractivity contribution in [2.75, 3.05) is 20.1 Å². The molecule has 1 fully saturated rings. The lowest BCUT2D eigenvalue weighted by molar-refractivity contribution is 0.206. The smallest absolute Gasteiger partial charge is 0.0355 e. The molecule has 0 bridgehead atoms. The number of nitrogens with one attached hydrogen (secondary N) is 1. The van der Waals surface area contributed by atoms with E-state index in [2.05, 4.69) is 68.4 Å². The van der Waals surface area contributed by atoms with Gasteiger partial charge in [-0.2, -0.15) is 0 Å². The third-order valence-corrected chi connectivity index (χ3v) is 4.47. The van der Waals surface area contributed by atoms with Gasteiger partial charge in [-0.05, 0) is 37.8 Å². The summed E-state index contributed by atoms with van der Waals surface area (Å²) in [5.74, 6) is 1.48. The Bertz CT molecular complexity index is 376. The number of benzene rings is 1. The Hall–Kier alpha value is -0.860. The molecule has 1 heterocycles. The van der Waals surface area contributed by atoms with Crippen molar-refractivity contribution in [3.63, 3.8) is 0 Å². The third-order valence-electron chi connectivity index (χ3n) is 4.47. The number of rotatable bonds is 5. The van der Waals surface area contributed by atoms with Gasteiger partial charge in [-0.25, -0.2) is 0 Å². The summed E-state index contributed by atoms with van der Waals surface area (Å²) in [6.45, 7) is 9.55. The van der Waals surface area contributed by atoms with E-state index < -0.39 is 0 Å². The molecule has 1 aliphatic heterocycles. The van der Waals surface area contributed by atoms with Gasteiger partial charge in [0.25, 0.3) is 0 Å². The van der Waals surface area contributed by atoms with E-state index in [-0.39, 0.29) is 0 Å². The maximum Gasteiger partial charge on any atom is 0.0355 e. The molecule has 0 spiro atoms. The van der Waals surface area contributed by atoms with E-state index >= 15 is 0 Å². The second-order valence-corrected chi connectivity index (χ2v) is 6.30. The molecule has 0 radical (unpaired) electrons. The summed E-state index contributed by atoms with van der Waals surface area (Å²) in [5.41, 5.74) is 1.40. The molecule has 1 aromatic rings. The fourth-order valence-corrected chi connectivity index (χ4v) is 3.56. The summed E-state index contributed by atoms with van der Waals surface area (Å²) >= 11 is 0. The van der Waals surface area contributed by atoms with E-state index in [1.807, 2.05) is 0 Å². The van der Waals surface area contributed by atoms with Crippen LogP contribution in [0, 0.1) is 11.8 Å². The highest BCUT2D eigenvalue weighted by molar-refractivity contribution is 5.19. The predicted octanol–water partition coefficient (Wildman–Crippen LogP) is 3.31. The van der Waals surface area contributed by atoms with E-state index in [1.54, 1.807) is 0 Å². The van der Waals surface area contributed by atoms with Crippen LogP contribution in [0.3, 0.4) is 0 Å². The van der Waals surface area contributed by atoms with Gasteiger partial charge >= 0.3 is 0 Å². The fraction of sp³-hybridized carbons (Fsp3) is 0.647. The Morgan fingerprint density at radius 3 is 2.47 bits per heavy atom. The van der Waals surface area contributed by atoms with Crippen LogP contribution in [-0.2, 0) is 0 Å². The summed E-state index contributed by atoms with van der Waals surface area (Å²) in [5, 5.41) is 3.49. The van der Waals surface area contributed by atoms with Crippen LogP contribution >= 0.6 is 0 Å². The minimum Gasteiger partial charge on any atom is -0.313 e. The molecule has 106 valence electrons. The van der Waals surface area contributed by atoms with Crippen molar-refractivity contribution in [1.82, 2.24) is 10.2 Å². The number of hydrogen-bond donors (Lipinski definition) is 1. The number of hydrogen-bond acceptors (Lipinski definition) is 2. The molecule has 2 heteroatoms. The normalized spacial score (nSPS) is 27.4. The SMILES string of the molecule is CNC(c1ccccc1)C(C)CN1CC(C)CC1C. The molecule has 1 aliphatic rings. The van der Waals surface area contributed by atoms with Crippen molar-refractivity contribution >= 4 is 0 Å². The molecule has 1 saturated heterocycles. The molecule has 1 N–H and O–H groups in total. The lowest BCUT2D eigenvalue weighted by Crippen LogP contribution is -2.36. The minimum absolute atomic E-state index is 0.448. The zero-order valence-electron chi connectivity index (χ0n) is 12.8. The molecular formula is C17H28N2. The molecule has 19 heavy (non-hydrogen) atoms. The van der Waals surface area contributed by atoms with Crippen molar-refractivity contribution < 1.29 is 0 Å². The second kappa shape index (κ2) is 6.53. The van der Waals surface area contributed by atoms with Gasteiger partial charge in [0.1, 0.15) is 0 Å². The Morgan fingerprint density at radius 2 is 1.95 bits per heavy atom. The van der Waals surface area contributed by atoms with Gasteiger partial charge < -0.3 is 10.2 Å². The summed E-state index contributed by atoms with van der Waals surface area (Å²) in [4.78, 5) is 2.66. The van der Waals surface area contributed by atoms with E-state index in [9.17, 15) is 0 Å². The zero-order valence-corrected chi connectivity index (χ0v) is 12.8. The van der Waals surface area contributed by atoms with E-state index in [0.29, 0.717) is 12.0 Å². The molecule has 2 rings (SSSR count). The van der Waals surface area contributed by atoms with Crippen molar-refractivity contribution in [3.05, 3.63) is 35.9 Å². The number of likely N-dealkylation sites (tertiary alicyclic amines) is 1. The molecule has 0 amide bonds. The van der Waals surface area contributed by atoms with Gasteiger partial charge in [-0.1, -0.05) is 44.2 Å². The van der Waals surface area contributed by atoms with Gasteiger partial charge in [-0.15, -0.1) is 0 Å². The number of nitrogens with zero attached hydrogens (tertiary/aromatic N) is 1. The highest BCUT2D eigenvalue weighted by atomic mass is 15.2. The van der Waals surface area contributed by atoms with E-state index in [0.717, 1.165) is 12.0 Å². The Labute approximate surface area is 118 Å². The first-order valence-corrected chi connectivity index (χ1v) is 7.58. The predicted molar refractivity (Wildman–Crippen MR) is 82.2 cm³/mol. The zero-order chi connectivity index (χ0) is 13.8. The highest BCUT2D eigenvalue weighted by Crippen LogP contribution is 2.27. The second-order valence-electron chi connectivity index (χ2n) is 6.30. The largest absolute Gasteiger partial charge is 0.313 e. The lowest BCUT2D eigenvalue weighted by atomic mass is 9.94. The minimum atomic E-state index is 0.448. The van der Waals surface area contributed by atoms with Gasteiger partial charge in [-0.3, -0.25) is 0 Å². The average Bonchev–Trinajstić information content (AvgIpc) is 2.70. The van der Waals surface area contributed by atoms with Gasteiger partial charge in [0.15, 0.2) is 0 Å². The first-order valence-electron chi connectivity index (χ1n) is 7.58. The quantitative estimate of drug-likeness (QED) is 0.874. The molecule has 0 aliphatic carbocycles. The topological polar surface area (TPSA) is 15.3 Å². The first kappa shape index (κ1) is 14.5. The molecule has 4 atom stereocenters. The monoisotopic (exact) mass is 260 g/mol. The summed E-state index contributed by atoms with van der Waals surface area (Å²) in [6.07, 6.45) is 1.35. The molecule has 2 nitrogen and oxygen atoms in total. The van der Waals surface area contributed by atoms with Crippen LogP contribution in [0.4, 0.5) is 0 Å². The Balaban J connectivity index is 1.99. The van der Waals surface area contributed by atoms with E-state index in [1.165, 1.54) is 25.1 Å². The molecule has 1 aromatic carbocycles. The summed E-state index contributed by atoms with van der Waals surface area (Å²) in [6, 6.07) is 12.0. The van der Waals surface area contributed by atoms with Gasteiger partial charge in [0, 0.05) is 25.2 Å². The fourth-order valence-electron chi connectivity index (χ4n) is 3.56. The van der Waals surface area contributed by atoms with Crippen LogP contribution in [0.15, 0.2) is 30.3 Å². The van der Waals surface area contributed by atoms with Crippen molar-refractivity contribution in [3.8, 4) is 0 Å². The van der Waals surface area contributed by atoms with Crippen LogP contribution in [-0.4, -0.2) is 31.1 Å². The Kier molecular flexibility index (Phi) is 5.00. The average molecular weight is 260 g/mol. The van der Waals surface area contributed by atoms with Crippen molar-refractivity contribution in [2.24, 2.45) is 11.8 Å². The van der Waals surface area contributed by atoms with Crippen LogP contribution in [0.25, 0.3) is 0 Å². The maximum absolute atomic E-state index is 3.49. The highest BCUT2D eigenvalue weighted by Gasteiger charge is 2.29. The van der Waals surface area contributed by atoms with Crippen molar-refractivity contribution in [2.45, 2.75) is 39.3 Å². The molecule has 4 unspecified atom stereocenters. The van der Waals surface area contributed by atoms with Crippen LogP contribution in [0.1, 0.15) is 38.8 Å².